The molecular weight excluding hydrogens is 366 g/mol. The Bertz CT molecular complexity index is 944. The van der Waals surface area contributed by atoms with Crippen molar-refractivity contribution in [3.8, 4) is 0 Å². The molecule has 0 fully saturated rings. The maximum Gasteiger partial charge on any atom is 0.0363 e. The normalized spacial score (nSPS) is 11.0. The standard InChI is InChI=1S/C27H35N3/c1-19-17-23(29(5)6)13-15-25(19)27(21-9-11-22(12-10-21)28(3)4)26-16-14-24(30(7)8)18-20(26)2/h9-18,27H,1-8H3. The summed E-state index contributed by atoms with van der Waals surface area (Å²) in [5.41, 5.74) is 10.4. The fourth-order valence-corrected chi connectivity index (χ4v) is 4.02. The molecule has 0 N–H and O–H groups in total. The van der Waals surface area contributed by atoms with Crippen LogP contribution in [0, 0.1) is 13.8 Å². The highest BCUT2D eigenvalue weighted by atomic mass is 15.1. The molecule has 3 heteroatoms. The third-order valence-electron chi connectivity index (χ3n) is 5.90. The predicted octanol–water partition coefficient (Wildman–Crippen LogP) is 5.68. The second kappa shape index (κ2) is 8.83. The third kappa shape index (κ3) is 4.46. The van der Waals surface area contributed by atoms with Crippen molar-refractivity contribution in [1.82, 2.24) is 0 Å². The molecule has 0 bridgehead atoms. The average Bonchev–Trinajstić information content (AvgIpc) is 2.70. The van der Waals surface area contributed by atoms with Crippen LogP contribution in [-0.4, -0.2) is 42.3 Å². The van der Waals surface area contributed by atoms with Crippen LogP contribution in [0.25, 0.3) is 0 Å². The van der Waals surface area contributed by atoms with Crippen molar-refractivity contribution < 1.29 is 0 Å². The molecule has 0 atom stereocenters. The first-order valence-electron chi connectivity index (χ1n) is 10.5. The van der Waals surface area contributed by atoms with Crippen LogP contribution in [0.3, 0.4) is 0 Å². The number of nitrogens with zero attached hydrogens (tertiary/aromatic N) is 3. The van der Waals surface area contributed by atoms with Gasteiger partial charge in [-0.25, -0.2) is 0 Å². The molecule has 0 amide bonds. The van der Waals surface area contributed by atoms with Crippen molar-refractivity contribution in [2.24, 2.45) is 0 Å². The van der Waals surface area contributed by atoms with Crippen LogP contribution in [0.1, 0.15) is 33.7 Å². The number of anilines is 3. The lowest BCUT2D eigenvalue weighted by Crippen LogP contribution is -2.13. The molecule has 3 nitrogen and oxygen atoms in total. The van der Waals surface area contributed by atoms with Crippen LogP contribution >= 0.6 is 0 Å². The largest absolute Gasteiger partial charge is 0.378 e. The van der Waals surface area contributed by atoms with Gasteiger partial charge in [0, 0.05) is 65.3 Å². The van der Waals surface area contributed by atoms with E-state index in [1.807, 2.05) is 0 Å². The van der Waals surface area contributed by atoms with Gasteiger partial charge in [-0.15, -0.1) is 0 Å². The van der Waals surface area contributed by atoms with Gasteiger partial charge in [-0.05, 0) is 78.1 Å². The van der Waals surface area contributed by atoms with Gasteiger partial charge in [0.15, 0.2) is 0 Å². The van der Waals surface area contributed by atoms with Crippen molar-refractivity contribution in [2.45, 2.75) is 19.8 Å². The lowest BCUT2D eigenvalue weighted by molar-refractivity contribution is 0.944. The Hall–Kier alpha value is -2.94. The number of hydrogen-bond donors (Lipinski definition) is 0. The summed E-state index contributed by atoms with van der Waals surface area (Å²) in [7, 11) is 12.5. The maximum atomic E-state index is 2.30. The minimum absolute atomic E-state index is 0.202. The summed E-state index contributed by atoms with van der Waals surface area (Å²) >= 11 is 0. The molecule has 30 heavy (non-hydrogen) atoms. The minimum Gasteiger partial charge on any atom is -0.378 e. The lowest BCUT2D eigenvalue weighted by atomic mass is 9.81. The highest BCUT2D eigenvalue weighted by molar-refractivity contribution is 5.59. The maximum absolute atomic E-state index is 2.30. The van der Waals surface area contributed by atoms with Crippen molar-refractivity contribution in [2.75, 3.05) is 57.0 Å². The molecule has 0 unspecified atom stereocenters. The Kier molecular flexibility index (Phi) is 6.40. The van der Waals surface area contributed by atoms with Gasteiger partial charge in [0.05, 0.1) is 0 Å². The molecule has 3 aromatic carbocycles. The Morgan fingerprint density at radius 3 is 1.20 bits per heavy atom. The number of hydrogen-bond acceptors (Lipinski definition) is 3. The van der Waals surface area contributed by atoms with Crippen LogP contribution in [0.4, 0.5) is 17.1 Å². The predicted molar refractivity (Wildman–Crippen MR) is 133 cm³/mol. The summed E-state index contributed by atoms with van der Waals surface area (Å²) in [6.07, 6.45) is 0. The number of benzene rings is 3. The second-order valence-electron chi connectivity index (χ2n) is 8.79. The van der Waals surface area contributed by atoms with E-state index in [-0.39, 0.29) is 5.92 Å². The summed E-state index contributed by atoms with van der Waals surface area (Å²) in [5.74, 6) is 0.202. The van der Waals surface area contributed by atoms with E-state index in [0.717, 1.165) is 0 Å². The fourth-order valence-electron chi connectivity index (χ4n) is 4.02. The average molecular weight is 402 g/mol. The van der Waals surface area contributed by atoms with E-state index in [4.69, 9.17) is 0 Å². The van der Waals surface area contributed by atoms with Crippen molar-refractivity contribution in [3.05, 3.63) is 88.5 Å². The first kappa shape index (κ1) is 21.8. The first-order chi connectivity index (χ1) is 14.2. The van der Waals surface area contributed by atoms with Gasteiger partial charge < -0.3 is 14.7 Å². The smallest absolute Gasteiger partial charge is 0.0363 e. The second-order valence-corrected chi connectivity index (χ2v) is 8.79. The SMILES string of the molecule is Cc1cc(N(C)C)ccc1C(c1ccc(N(C)C)cc1)c1ccc(N(C)C)cc1C. The summed E-state index contributed by atoms with van der Waals surface area (Å²) in [6.45, 7) is 4.46. The van der Waals surface area contributed by atoms with Gasteiger partial charge in [-0.3, -0.25) is 0 Å². The van der Waals surface area contributed by atoms with Crippen molar-refractivity contribution in [3.63, 3.8) is 0 Å². The van der Waals surface area contributed by atoms with Crippen molar-refractivity contribution in [1.29, 1.82) is 0 Å². The van der Waals surface area contributed by atoms with Gasteiger partial charge in [-0.1, -0.05) is 24.3 Å². The molecule has 0 aromatic heterocycles. The van der Waals surface area contributed by atoms with Gasteiger partial charge in [0.2, 0.25) is 0 Å². The lowest BCUT2D eigenvalue weighted by Gasteiger charge is -2.26. The molecule has 0 spiro atoms. The Morgan fingerprint density at radius 2 is 0.867 bits per heavy atom. The van der Waals surface area contributed by atoms with Gasteiger partial charge >= 0.3 is 0 Å². The summed E-state index contributed by atoms with van der Waals surface area (Å²) in [5, 5.41) is 0. The van der Waals surface area contributed by atoms with E-state index in [2.05, 4.69) is 131 Å². The fraction of sp³-hybridized carbons (Fsp3) is 0.333. The highest BCUT2D eigenvalue weighted by Crippen LogP contribution is 2.38. The molecule has 0 heterocycles. The zero-order valence-corrected chi connectivity index (χ0v) is 19.7. The van der Waals surface area contributed by atoms with Crippen molar-refractivity contribution >= 4 is 17.1 Å². The molecule has 0 radical (unpaired) electrons. The highest BCUT2D eigenvalue weighted by Gasteiger charge is 2.21. The Balaban J connectivity index is 2.17. The van der Waals surface area contributed by atoms with Crippen LogP contribution < -0.4 is 14.7 Å². The molecule has 158 valence electrons. The molecule has 0 aliphatic heterocycles. The molecular formula is C27H35N3. The zero-order valence-electron chi connectivity index (χ0n) is 19.7. The molecule has 0 saturated heterocycles. The van der Waals surface area contributed by atoms with E-state index in [0.29, 0.717) is 0 Å². The van der Waals surface area contributed by atoms with Crippen LogP contribution in [-0.2, 0) is 0 Å². The van der Waals surface area contributed by atoms with E-state index in [1.165, 1.54) is 44.9 Å². The van der Waals surface area contributed by atoms with Gasteiger partial charge in [0.1, 0.15) is 0 Å². The summed E-state index contributed by atoms with van der Waals surface area (Å²) in [4.78, 5) is 6.47. The summed E-state index contributed by atoms with van der Waals surface area (Å²) in [6, 6.07) is 22.6. The number of aryl methyl sites for hydroxylation is 2. The van der Waals surface area contributed by atoms with Crippen LogP contribution in [0.15, 0.2) is 60.7 Å². The topological polar surface area (TPSA) is 9.72 Å². The van der Waals surface area contributed by atoms with Gasteiger partial charge in [-0.2, -0.15) is 0 Å². The van der Waals surface area contributed by atoms with E-state index >= 15 is 0 Å². The Morgan fingerprint density at radius 1 is 0.500 bits per heavy atom. The Labute approximate surface area is 182 Å². The molecule has 0 aliphatic carbocycles. The van der Waals surface area contributed by atoms with Crippen LogP contribution in [0.2, 0.25) is 0 Å². The monoisotopic (exact) mass is 401 g/mol. The zero-order chi connectivity index (χ0) is 22.0. The molecule has 3 rings (SSSR count). The number of rotatable bonds is 6. The van der Waals surface area contributed by atoms with E-state index in [9.17, 15) is 0 Å². The third-order valence-corrected chi connectivity index (χ3v) is 5.90. The molecule has 0 saturated carbocycles. The molecule has 0 aliphatic rings. The first-order valence-corrected chi connectivity index (χ1v) is 10.5. The molecule has 3 aromatic rings. The quantitative estimate of drug-likeness (QED) is 0.492. The van der Waals surface area contributed by atoms with E-state index in [1.54, 1.807) is 0 Å². The van der Waals surface area contributed by atoms with Gasteiger partial charge in [0.25, 0.3) is 0 Å². The summed E-state index contributed by atoms with van der Waals surface area (Å²) < 4.78 is 0. The van der Waals surface area contributed by atoms with Crippen LogP contribution in [0.5, 0.6) is 0 Å². The minimum atomic E-state index is 0.202. The van der Waals surface area contributed by atoms with E-state index < -0.39 is 0 Å².